The Morgan fingerprint density at radius 2 is 1.68 bits per heavy atom. The number of ether oxygens (including phenoxy) is 2. The number of piperazine rings is 1. The van der Waals surface area contributed by atoms with Gasteiger partial charge in [-0.3, -0.25) is 4.90 Å². The smallest absolute Gasteiger partial charge is 0.165 e. The van der Waals surface area contributed by atoms with Gasteiger partial charge in [0.2, 0.25) is 0 Å². The van der Waals surface area contributed by atoms with Gasteiger partial charge in [-0.1, -0.05) is 19.1 Å². The fourth-order valence-corrected chi connectivity index (χ4v) is 2.58. The van der Waals surface area contributed by atoms with Gasteiger partial charge in [0.25, 0.3) is 0 Å². The van der Waals surface area contributed by atoms with Crippen molar-refractivity contribution in [1.29, 1.82) is 0 Å². The van der Waals surface area contributed by atoms with Gasteiger partial charge in [-0.15, -0.1) is 0 Å². The van der Waals surface area contributed by atoms with Gasteiger partial charge in [0.1, 0.15) is 0 Å². The van der Waals surface area contributed by atoms with E-state index in [1.54, 1.807) is 14.2 Å². The minimum atomic E-state index is 0.812. The molecule has 4 heteroatoms. The standard InChI is InChI=1S/C15H24N2O2/c1-4-16-8-10-17(11-9-16)12-13-6-5-7-14(18-2)15(13)19-3/h5-7H,4,8-12H2,1-3H3. The first-order valence-corrected chi connectivity index (χ1v) is 6.93. The molecule has 0 aliphatic carbocycles. The quantitative estimate of drug-likeness (QED) is 0.810. The highest BCUT2D eigenvalue weighted by molar-refractivity contribution is 5.46. The molecule has 0 saturated carbocycles. The van der Waals surface area contributed by atoms with Crippen molar-refractivity contribution in [3.8, 4) is 11.5 Å². The van der Waals surface area contributed by atoms with Crippen molar-refractivity contribution >= 4 is 0 Å². The van der Waals surface area contributed by atoms with Crippen molar-refractivity contribution < 1.29 is 9.47 Å². The SMILES string of the molecule is CCN1CCN(Cc2cccc(OC)c2OC)CC1. The number of hydrogen-bond acceptors (Lipinski definition) is 4. The number of benzene rings is 1. The highest BCUT2D eigenvalue weighted by Crippen LogP contribution is 2.31. The van der Waals surface area contributed by atoms with Crippen LogP contribution in [0.25, 0.3) is 0 Å². The van der Waals surface area contributed by atoms with Crippen LogP contribution in [0.3, 0.4) is 0 Å². The lowest BCUT2D eigenvalue weighted by Crippen LogP contribution is -2.45. The number of methoxy groups -OCH3 is 2. The lowest BCUT2D eigenvalue weighted by molar-refractivity contribution is 0.131. The molecule has 0 N–H and O–H groups in total. The van der Waals surface area contributed by atoms with Gasteiger partial charge < -0.3 is 14.4 Å². The third-order valence-electron chi connectivity index (χ3n) is 3.79. The molecule has 1 fully saturated rings. The summed E-state index contributed by atoms with van der Waals surface area (Å²) in [5.41, 5.74) is 1.20. The molecule has 0 spiro atoms. The Labute approximate surface area is 115 Å². The number of nitrogens with zero attached hydrogens (tertiary/aromatic N) is 2. The summed E-state index contributed by atoms with van der Waals surface area (Å²) in [5, 5.41) is 0. The fraction of sp³-hybridized carbons (Fsp3) is 0.600. The average molecular weight is 264 g/mol. The van der Waals surface area contributed by atoms with Gasteiger partial charge in [-0.25, -0.2) is 0 Å². The second kappa shape index (κ2) is 6.78. The molecule has 1 saturated heterocycles. The fourth-order valence-electron chi connectivity index (χ4n) is 2.58. The summed E-state index contributed by atoms with van der Waals surface area (Å²) >= 11 is 0. The Morgan fingerprint density at radius 3 is 2.26 bits per heavy atom. The minimum absolute atomic E-state index is 0.812. The van der Waals surface area contributed by atoms with E-state index >= 15 is 0 Å². The van der Waals surface area contributed by atoms with Crippen LogP contribution in [0.1, 0.15) is 12.5 Å². The minimum Gasteiger partial charge on any atom is -0.493 e. The average Bonchev–Trinajstić information content (AvgIpc) is 2.47. The van der Waals surface area contributed by atoms with Crippen LogP contribution < -0.4 is 9.47 Å². The topological polar surface area (TPSA) is 24.9 Å². The number of hydrogen-bond donors (Lipinski definition) is 0. The lowest BCUT2D eigenvalue weighted by atomic mass is 10.1. The molecule has 4 nitrogen and oxygen atoms in total. The molecule has 1 heterocycles. The maximum Gasteiger partial charge on any atom is 0.165 e. The molecule has 0 bridgehead atoms. The van der Waals surface area contributed by atoms with Crippen molar-refractivity contribution in [3.63, 3.8) is 0 Å². The molecule has 106 valence electrons. The zero-order valence-electron chi connectivity index (χ0n) is 12.2. The second-order valence-corrected chi connectivity index (χ2v) is 4.86. The van der Waals surface area contributed by atoms with Crippen LogP contribution in [0.4, 0.5) is 0 Å². The second-order valence-electron chi connectivity index (χ2n) is 4.86. The first-order chi connectivity index (χ1) is 9.28. The van der Waals surface area contributed by atoms with Crippen LogP contribution in [-0.4, -0.2) is 56.7 Å². The first kappa shape index (κ1) is 14.2. The van der Waals surface area contributed by atoms with Crippen LogP contribution in [-0.2, 0) is 6.54 Å². The van der Waals surface area contributed by atoms with E-state index in [1.807, 2.05) is 12.1 Å². The van der Waals surface area contributed by atoms with Crippen molar-refractivity contribution in [1.82, 2.24) is 9.80 Å². The molecule has 0 unspecified atom stereocenters. The van der Waals surface area contributed by atoms with E-state index in [0.29, 0.717) is 0 Å². The van der Waals surface area contributed by atoms with Crippen LogP contribution in [0.15, 0.2) is 18.2 Å². The maximum atomic E-state index is 5.49. The largest absolute Gasteiger partial charge is 0.493 e. The Hall–Kier alpha value is -1.26. The number of para-hydroxylation sites is 1. The molecule has 1 aromatic carbocycles. The van der Waals surface area contributed by atoms with E-state index < -0.39 is 0 Å². The monoisotopic (exact) mass is 264 g/mol. The summed E-state index contributed by atoms with van der Waals surface area (Å²) in [6.07, 6.45) is 0. The molecule has 0 aromatic heterocycles. The summed E-state index contributed by atoms with van der Waals surface area (Å²) < 4.78 is 10.8. The Bertz CT molecular complexity index is 401. The van der Waals surface area contributed by atoms with Crippen LogP contribution >= 0.6 is 0 Å². The van der Waals surface area contributed by atoms with Crippen molar-refractivity contribution in [2.24, 2.45) is 0 Å². The van der Waals surface area contributed by atoms with E-state index in [1.165, 1.54) is 5.56 Å². The van der Waals surface area contributed by atoms with E-state index in [4.69, 9.17) is 9.47 Å². The van der Waals surface area contributed by atoms with Gasteiger partial charge in [0.05, 0.1) is 14.2 Å². The number of likely N-dealkylation sites (N-methyl/N-ethyl adjacent to an activating group) is 1. The van der Waals surface area contributed by atoms with Gasteiger partial charge in [-0.2, -0.15) is 0 Å². The summed E-state index contributed by atoms with van der Waals surface area (Å²) in [5.74, 6) is 1.68. The maximum absolute atomic E-state index is 5.49. The summed E-state index contributed by atoms with van der Waals surface area (Å²) in [6, 6.07) is 6.09. The third-order valence-corrected chi connectivity index (χ3v) is 3.79. The van der Waals surface area contributed by atoms with E-state index in [9.17, 15) is 0 Å². The highest BCUT2D eigenvalue weighted by atomic mass is 16.5. The van der Waals surface area contributed by atoms with Gasteiger partial charge in [0.15, 0.2) is 11.5 Å². The molecule has 1 aromatic rings. The van der Waals surface area contributed by atoms with Crippen LogP contribution in [0.5, 0.6) is 11.5 Å². The van der Waals surface area contributed by atoms with Gasteiger partial charge in [-0.05, 0) is 12.6 Å². The summed E-state index contributed by atoms with van der Waals surface area (Å²) in [7, 11) is 3.39. The molecule has 2 rings (SSSR count). The molecule has 0 radical (unpaired) electrons. The highest BCUT2D eigenvalue weighted by Gasteiger charge is 2.18. The predicted octanol–water partition coefficient (Wildman–Crippen LogP) is 1.84. The zero-order chi connectivity index (χ0) is 13.7. The summed E-state index contributed by atoms with van der Waals surface area (Å²) in [6.45, 7) is 8.85. The molecule has 1 aliphatic rings. The van der Waals surface area contributed by atoms with E-state index in [2.05, 4.69) is 22.8 Å². The molecule has 19 heavy (non-hydrogen) atoms. The van der Waals surface area contributed by atoms with E-state index in [-0.39, 0.29) is 0 Å². The zero-order valence-corrected chi connectivity index (χ0v) is 12.2. The van der Waals surface area contributed by atoms with Crippen LogP contribution in [0, 0.1) is 0 Å². The van der Waals surface area contributed by atoms with Crippen molar-refractivity contribution in [2.45, 2.75) is 13.5 Å². The van der Waals surface area contributed by atoms with Crippen LogP contribution in [0.2, 0.25) is 0 Å². The molecular weight excluding hydrogens is 240 g/mol. The molecule has 0 amide bonds. The molecule has 1 aliphatic heterocycles. The van der Waals surface area contributed by atoms with Gasteiger partial charge in [0, 0.05) is 38.3 Å². The normalized spacial score (nSPS) is 17.4. The molecule has 0 atom stereocenters. The Balaban J connectivity index is 2.03. The Kier molecular flexibility index (Phi) is 5.05. The first-order valence-electron chi connectivity index (χ1n) is 6.93. The lowest BCUT2D eigenvalue weighted by Gasteiger charge is -2.34. The van der Waals surface area contributed by atoms with E-state index in [0.717, 1.165) is 50.8 Å². The summed E-state index contributed by atoms with van der Waals surface area (Å²) in [4.78, 5) is 4.96. The number of rotatable bonds is 5. The van der Waals surface area contributed by atoms with Crippen molar-refractivity contribution in [3.05, 3.63) is 23.8 Å². The van der Waals surface area contributed by atoms with Gasteiger partial charge >= 0.3 is 0 Å². The van der Waals surface area contributed by atoms with Crippen molar-refractivity contribution in [2.75, 3.05) is 46.9 Å². The third kappa shape index (κ3) is 3.39. The molecular formula is C15H24N2O2. The Morgan fingerprint density at radius 1 is 1.00 bits per heavy atom. The predicted molar refractivity (Wildman–Crippen MR) is 76.9 cm³/mol.